The quantitative estimate of drug-likeness (QED) is 0.481. The van der Waals surface area contributed by atoms with Gasteiger partial charge in [-0.15, -0.1) is 0 Å². The molecule has 150 valence electrons. The van der Waals surface area contributed by atoms with Crippen LogP contribution < -0.4 is 0 Å². The van der Waals surface area contributed by atoms with Crippen molar-refractivity contribution in [1.29, 1.82) is 0 Å². The van der Waals surface area contributed by atoms with Gasteiger partial charge in [-0.1, -0.05) is 18.2 Å². The van der Waals surface area contributed by atoms with Crippen molar-refractivity contribution in [2.24, 2.45) is 0 Å². The summed E-state index contributed by atoms with van der Waals surface area (Å²) in [5.74, 6) is -0.609. The summed E-state index contributed by atoms with van der Waals surface area (Å²) in [5.41, 5.74) is 0.517. The van der Waals surface area contributed by atoms with Gasteiger partial charge in [0.15, 0.2) is 11.5 Å². The summed E-state index contributed by atoms with van der Waals surface area (Å²) in [6, 6.07) is 11.5. The number of aryl methyl sites for hydroxylation is 1. The molecule has 0 radical (unpaired) electrons. The number of carbonyl (C=O) groups excluding carboxylic acids is 2. The highest BCUT2D eigenvalue weighted by Crippen LogP contribution is 2.40. The summed E-state index contributed by atoms with van der Waals surface area (Å²) in [5, 5.41) is 11.3. The largest absolute Gasteiger partial charge is 0.503 e. The third kappa shape index (κ3) is 3.34. The highest BCUT2D eigenvalue weighted by atomic mass is 16.5. The van der Waals surface area contributed by atoms with Gasteiger partial charge in [0.25, 0.3) is 5.91 Å². The number of hydrogen-bond donors (Lipinski definition) is 1. The van der Waals surface area contributed by atoms with Crippen molar-refractivity contribution >= 4 is 22.7 Å². The lowest BCUT2D eigenvalue weighted by atomic mass is 9.99. The van der Waals surface area contributed by atoms with Crippen molar-refractivity contribution in [3.63, 3.8) is 0 Å². The first-order valence-electron chi connectivity index (χ1n) is 9.34. The van der Waals surface area contributed by atoms with E-state index in [-0.39, 0.29) is 11.3 Å². The summed E-state index contributed by atoms with van der Waals surface area (Å²) in [4.78, 5) is 27.5. The van der Waals surface area contributed by atoms with Crippen molar-refractivity contribution < 1.29 is 28.3 Å². The van der Waals surface area contributed by atoms with Crippen LogP contribution in [0.4, 0.5) is 0 Å². The lowest BCUT2D eigenvalue weighted by Crippen LogP contribution is -2.32. The Kier molecular flexibility index (Phi) is 4.98. The third-order valence-corrected chi connectivity index (χ3v) is 4.98. The van der Waals surface area contributed by atoms with E-state index < -0.39 is 23.5 Å². The van der Waals surface area contributed by atoms with Crippen LogP contribution in [0.15, 0.2) is 62.6 Å². The number of nitrogens with zero attached hydrogens (tertiary/aromatic N) is 1. The summed E-state index contributed by atoms with van der Waals surface area (Å²) < 4.78 is 16.5. The summed E-state index contributed by atoms with van der Waals surface area (Å²) in [6.07, 6.45) is 0.553. The Labute approximate surface area is 167 Å². The zero-order chi connectivity index (χ0) is 20.5. The normalized spacial score (nSPS) is 17.0. The second kappa shape index (κ2) is 7.60. The minimum Gasteiger partial charge on any atom is -0.503 e. The molecule has 3 heterocycles. The molecule has 0 saturated carbocycles. The predicted molar refractivity (Wildman–Crippen MR) is 105 cm³/mol. The van der Waals surface area contributed by atoms with Crippen molar-refractivity contribution in [3.8, 4) is 0 Å². The van der Waals surface area contributed by atoms with Crippen molar-refractivity contribution in [1.82, 2.24) is 4.90 Å². The maximum atomic E-state index is 13.3. The number of aliphatic hydroxyl groups excluding tert-OH is 1. The Morgan fingerprint density at radius 1 is 1.21 bits per heavy atom. The lowest BCUT2D eigenvalue weighted by molar-refractivity contribution is -0.129. The summed E-state index contributed by atoms with van der Waals surface area (Å²) in [6.45, 7) is 2.53. The van der Waals surface area contributed by atoms with Gasteiger partial charge in [0.2, 0.25) is 5.78 Å². The second-order valence-corrected chi connectivity index (χ2v) is 6.94. The molecule has 0 fully saturated rings. The molecule has 29 heavy (non-hydrogen) atoms. The fourth-order valence-electron chi connectivity index (χ4n) is 3.62. The molecule has 1 amide bonds. The first-order valence-corrected chi connectivity index (χ1v) is 9.34. The molecule has 0 spiro atoms. The van der Waals surface area contributed by atoms with Crippen molar-refractivity contribution in [3.05, 3.63) is 71.1 Å². The number of ether oxygens (including phenoxy) is 1. The van der Waals surface area contributed by atoms with Crippen LogP contribution in [-0.4, -0.2) is 42.0 Å². The summed E-state index contributed by atoms with van der Waals surface area (Å²) in [7, 11) is 1.57. The Balaban J connectivity index is 1.75. The molecule has 4 rings (SSSR count). The van der Waals surface area contributed by atoms with E-state index in [4.69, 9.17) is 13.6 Å². The van der Waals surface area contributed by atoms with Gasteiger partial charge >= 0.3 is 0 Å². The van der Waals surface area contributed by atoms with Crippen LogP contribution in [-0.2, 0) is 9.53 Å². The number of Topliss-reactive ketones (excluding diaryl/α,β-unsaturated/α-hetero) is 1. The molecular weight excluding hydrogens is 374 g/mol. The fourth-order valence-corrected chi connectivity index (χ4v) is 3.62. The van der Waals surface area contributed by atoms with E-state index in [0.29, 0.717) is 36.7 Å². The van der Waals surface area contributed by atoms with Crippen LogP contribution in [0.2, 0.25) is 0 Å². The molecule has 0 aliphatic carbocycles. The average molecular weight is 395 g/mol. The van der Waals surface area contributed by atoms with Crippen LogP contribution in [0.1, 0.15) is 34.5 Å². The first kappa shape index (κ1) is 19.0. The molecule has 1 atom stereocenters. The smallest absolute Gasteiger partial charge is 0.290 e. The SMILES string of the molecule is COCCCN1C(=O)C(O)=C(C(=O)c2cc3ccccc3o2)C1c1ccc(C)o1. The number of amides is 1. The molecule has 1 aromatic carbocycles. The Morgan fingerprint density at radius 3 is 2.69 bits per heavy atom. The Bertz CT molecular complexity index is 1070. The molecule has 1 N–H and O–H groups in total. The van der Waals surface area contributed by atoms with Crippen LogP contribution in [0, 0.1) is 6.92 Å². The number of hydrogen-bond acceptors (Lipinski definition) is 6. The third-order valence-electron chi connectivity index (χ3n) is 4.98. The van der Waals surface area contributed by atoms with E-state index >= 15 is 0 Å². The molecule has 1 aliphatic rings. The van der Waals surface area contributed by atoms with Crippen molar-refractivity contribution in [2.75, 3.05) is 20.3 Å². The van der Waals surface area contributed by atoms with Gasteiger partial charge in [0, 0.05) is 25.6 Å². The molecule has 7 nitrogen and oxygen atoms in total. The monoisotopic (exact) mass is 395 g/mol. The van der Waals surface area contributed by atoms with Gasteiger partial charge < -0.3 is 23.6 Å². The van der Waals surface area contributed by atoms with E-state index in [1.165, 1.54) is 4.90 Å². The number of aliphatic hydroxyl groups is 1. The molecule has 3 aromatic rings. The fraction of sp³-hybridized carbons (Fsp3) is 0.273. The number of rotatable bonds is 7. The number of methoxy groups -OCH3 is 1. The van der Waals surface area contributed by atoms with E-state index in [1.54, 1.807) is 38.3 Å². The Morgan fingerprint density at radius 2 is 2.00 bits per heavy atom. The van der Waals surface area contributed by atoms with E-state index in [9.17, 15) is 14.7 Å². The molecule has 0 saturated heterocycles. The summed E-state index contributed by atoms with van der Waals surface area (Å²) >= 11 is 0. The number of para-hydroxylation sites is 1. The van der Waals surface area contributed by atoms with Gasteiger partial charge in [-0.3, -0.25) is 9.59 Å². The minimum atomic E-state index is -0.825. The Hall–Kier alpha value is -3.32. The molecule has 1 aliphatic heterocycles. The van der Waals surface area contributed by atoms with E-state index in [2.05, 4.69) is 0 Å². The molecule has 7 heteroatoms. The van der Waals surface area contributed by atoms with Gasteiger partial charge in [0.1, 0.15) is 23.1 Å². The number of fused-ring (bicyclic) bond motifs is 1. The number of benzene rings is 1. The van der Waals surface area contributed by atoms with Gasteiger partial charge in [0.05, 0.1) is 5.57 Å². The topological polar surface area (TPSA) is 93.1 Å². The molecule has 2 aromatic heterocycles. The zero-order valence-corrected chi connectivity index (χ0v) is 16.2. The lowest BCUT2D eigenvalue weighted by Gasteiger charge is -2.24. The number of furan rings is 2. The highest BCUT2D eigenvalue weighted by Gasteiger charge is 2.45. The molecular formula is C22H21NO6. The number of carbonyl (C=O) groups is 2. The first-order chi connectivity index (χ1) is 14.0. The maximum Gasteiger partial charge on any atom is 0.290 e. The van der Waals surface area contributed by atoms with Gasteiger partial charge in [-0.2, -0.15) is 0 Å². The van der Waals surface area contributed by atoms with Crippen LogP contribution >= 0.6 is 0 Å². The average Bonchev–Trinajstić information content (AvgIpc) is 3.40. The predicted octanol–water partition coefficient (Wildman–Crippen LogP) is 3.95. The van der Waals surface area contributed by atoms with E-state index in [1.807, 2.05) is 18.2 Å². The van der Waals surface area contributed by atoms with Crippen LogP contribution in [0.3, 0.4) is 0 Å². The zero-order valence-electron chi connectivity index (χ0n) is 16.2. The minimum absolute atomic E-state index is 0.0409. The highest BCUT2D eigenvalue weighted by molar-refractivity contribution is 6.15. The molecule has 1 unspecified atom stereocenters. The van der Waals surface area contributed by atoms with Gasteiger partial charge in [-0.25, -0.2) is 0 Å². The second-order valence-electron chi connectivity index (χ2n) is 6.94. The van der Waals surface area contributed by atoms with Gasteiger partial charge in [-0.05, 0) is 37.6 Å². The van der Waals surface area contributed by atoms with Crippen LogP contribution in [0.5, 0.6) is 0 Å². The van der Waals surface area contributed by atoms with Crippen molar-refractivity contribution in [2.45, 2.75) is 19.4 Å². The maximum absolute atomic E-state index is 13.3. The number of ketones is 1. The molecule has 0 bridgehead atoms. The van der Waals surface area contributed by atoms with E-state index in [0.717, 1.165) is 5.39 Å². The van der Waals surface area contributed by atoms with Crippen LogP contribution in [0.25, 0.3) is 11.0 Å². The standard InChI is InChI=1S/C22H21NO6/c1-13-8-9-16(28-13)19-18(21(25)22(26)23(19)10-5-11-27-2)20(24)17-12-14-6-3-4-7-15(14)29-17/h3-4,6-9,12,19,25H,5,10-11H2,1-2H3.